The number of carbonyl (C=O) groups excluding carboxylic acids is 1. The number of hydrogen-bond acceptors (Lipinski definition) is 3. The Kier molecular flexibility index (Phi) is 5.21. The van der Waals surface area contributed by atoms with E-state index in [0.717, 1.165) is 24.5 Å². The lowest BCUT2D eigenvalue weighted by Gasteiger charge is -2.25. The highest BCUT2D eigenvalue weighted by atomic mass is 16.5. The average Bonchev–Trinajstić information content (AvgIpc) is 2.42. The van der Waals surface area contributed by atoms with Gasteiger partial charge in [-0.3, -0.25) is 9.69 Å². The topological polar surface area (TPSA) is 41.6 Å². The van der Waals surface area contributed by atoms with Crippen LogP contribution in [0.5, 0.6) is 5.75 Å². The second kappa shape index (κ2) is 7.14. The zero-order valence-corrected chi connectivity index (χ0v) is 11.5. The van der Waals surface area contributed by atoms with Crippen LogP contribution in [0.15, 0.2) is 24.3 Å². The Bertz CT molecular complexity index is 414. The largest absolute Gasteiger partial charge is 0.492 e. The molecule has 104 valence electrons. The van der Waals surface area contributed by atoms with Gasteiger partial charge in [0.2, 0.25) is 5.91 Å². The Morgan fingerprint density at radius 2 is 2.00 bits per heavy atom. The number of hydrogen-bond donors (Lipinski definition) is 1. The molecule has 0 saturated carbocycles. The van der Waals surface area contributed by atoms with E-state index in [1.54, 1.807) is 0 Å². The van der Waals surface area contributed by atoms with Crippen molar-refractivity contribution in [3.8, 4) is 5.75 Å². The zero-order valence-electron chi connectivity index (χ0n) is 11.5. The van der Waals surface area contributed by atoms with Crippen molar-refractivity contribution >= 4 is 11.6 Å². The van der Waals surface area contributed by atoms with Gasteiger partial charge in [-0.1, -0.05) is 18.6 Å². The summed E-state index contributed by atoms with van der Waals surface area (Å²) in [4.78, 5) is 14.2. The van der Waals surface area contributed by atoms with E-state index in [1.807, 2.05) is 31.2 Å². The SMILES string of the molecule is CCOc1ccccc1NC(=O)CN1CCCCC1. The zero-order chi connectivity index (χ0) is 13.5. The molecule has 0 radical (unpaired) electrons. The van der Waals surface area contributed by atoms with E-state index in [4.69, 9.17) is 4.74 Å². The molecular weight excluding hydrogens is 240 g/mol. The molecular formula is C15H22N2O2. The Morgan fingerprint density at radius 1 is 1.26 bits per heavy atom. The molecule has 4 heteroatoms. The van der Waals surface area contributed by atoms with Crippen LogP contribution in [0.2, 0.25) is 0 Å². The molecule has 2 rings (SSSR count). The molecule has 0 spiro atoms. The lowest BCUT2D eigenvalue weighted by atomic mass is 10.1. The summed E-state index contributed by atoms with van der Waals surface area (Å²) < 4.78 is 5.50. The van der Waals surface area contributed by atoms with Gasteiger partial charge in [-0.25, -0.2) is 0 Å². The number of benzene rings is 1. The van der Waals surface area contributed by atoms with Crippen molar-refractivity contribution in [2.45, 2.75) is 26.2 Å². The lowest BCUT2D eigenvalue weighted by Crippen LogP contribution is -2.36. The fourth-order valence-electron chi connectivity index (χ4n) is 2.36. The van der Waals surface area contributed by atoms with E-state index < -0.39 is 0 Å². The van der Waals surface area contributed by atoms with Crippen molar-refractivity contribution < 1.29 is 9.53 Å². The summed E-state index contributed by atoms with van der Waals surface area (Å²) in [6.07, 6.45) is 3.68. The van der Waals surface area contributed by atoms with E-state index >= 15 is 0 Å². The second-order valence-corrected chi connectivity index (χ2v) is 4.81. The van der Waals surface area contributed by atoms with Gasteiger partial charge in [0, 0.05) is 0 Å². The van der Waals surface area contributed by atoms with E-state index in [1.165, 1.54) is 19.3 Å². The summed E-state index contributed by atoms with van der Waals surface area (Å²) in [7, 11) is 0. The molecule has 0 aromatic heterocycles. The average molecular weight is 262 g/mol. The number of nitrogens with one attached hydrogen (secondary N) is 1. The minimum absolute atomic E-state index is 0.0362. The predicted molar refractivity (Wildman–Crippen MR) is 76.5 cm³/mol. The third-order valence-electron chi connectivity index (χ3n) is 3.28. The maximum atomic E-state index is 12.0. The Hall–Kier alpha value is -1.55. The number of para-hydroxylation sites is 2. The maximum absolute atomic E-state index is 12.0. The van der Waals surface area contributed by atoms with E-state index in [0.29, 0.717) is 13.2 Å². The molecule has 0 aliphatic carbocycles. The van der Waals surface area contributed by atoms with Gasteiger partial charge in [-0.15, -0.1) is 0 Å². The van der Waals surface area contributed by atoms with Crippen molar-refractivity contribution in [3.63, 3.8) is 0 Å². The number of carbonyl (C=O) groups is 1. The first kappa shape index (κ1) is 13.9. The van der Waals surface area contributed by atoms with Gasteiger partial charge in [-0.2, -0.15) is 0 Å². The van der Waals surface area contributed by atoms with Crippen LogP contribution < -0.4 is 10.1 Å². The molecule has 1 N–H and O–H groups in total. The van der Waals surface area contributed by atoms with Gasteiger partial charge in [0.05, 0.1) is 18.8 Å². The van der Waals surface area contributed by atoms with Crippen molar-refractivity contribution in [3.05, 3.63) is 24.3 Å². The summed E-state index contributed by atoms with van der Waals surface area (Å²) in [6, 6.07) is 7.56. The Labute approximate surface area is 114 Å². The van der Waals surface area contributed by atoms with Crippen LogP contribution in [0.4, 0.5) is 5.69 Å². The number of ether oxygens (including phenoxy) is 1. The van der Waals surface area contributed by atoms with Crippen LogP contribution in [-0.2, 0) is 4.79 Å². The van der Waals surface area contributed by atoms with E-state index in [2.05, 4.69) is 10.2 Å². The molecule has 1 aliphatic heterocycles. The molecule has 0 unspecified atom stereocenters. The van der Waals surface area contributed by atoms with Gasteiger partial charge < -0.3 is 10.1 Å². The van der Waals surface area contributed by atoms with Crippen LogP contribution in [-0.4, -0.2) is 37.0 Å². The lowest BCUT2D eigenvalue weighted by molar-refractivity contribution is -0.117. The molecule has 1 heterocycles. The summed E-state index contributed by atoms with van der Waals surface area (Å²) in [5, 5.41) is 2.94. The molecule has 0 atom stereocenters. The number of amides is 1. The summed E-state index contributed by atoms with van der Waals surface area (Å²) in [5.74, 6) is 0.769. The number of piperidine rings is 1. The Morgan fingerprint density at radius 3 is 2.74 bits per heavy atom. The third kappa shape index (κ3) is 4.24. The smallest absolute Gasteiger partial charge is 0.238 e. The quantitative estimate of drug-likeness (QED) is 0.886. The first-order valence-electron chi connectivity index (χ1n) is 7.03. The summed E-state index contributed by atoms with van der Waals surface area (Å²) in [6.45, 7) is 5.06. The van der Waals surface area contributed by atoms with Crippen LogP contribution >= 0.6 is 0 Å². The van der Waals surface area contributed by atoms with Gasteiger partial charge >= 0.3 is 0 Å². The van der Waals surface area contributed by atoms with Crippen molar-refractivity contribution in [2.24, 2.45) is 0 Å². The van der Waals surface area contributed by atoms with Gasteiger partial charge in [-0.05, 0) is 45.0 Å². The van der Waals surface area contributed by atoms with Crippen LogP contribution in [0.25, 0.3) is 0 Å². The fourth-order valence-corrected chi connectivity index (χ4v) is 2.36. The normalized spacial score (nSPS) is 16.1. The fraction of sp³-hybridized carbons (Fsp3) is 0.533. The first-order chi connectivity index (χ1) is 9.29. The van der Waals surface area contributed by atoms with E-state index in [9.17, 15) is 4.79 Å². The molecule has 1 saturated heterocycles. The van der Waals surface area contributed by atoms with Crippen LogP contribution in [0, 0.1) is 0 Å². The summed E-state index contributed by atoms with van der Waals surface area (Å²) >= 11 is 0. The number of nitrogens with zero attached hydrogens (tertiary/aromatic N) is 1. The minimum Gasteiger partial charge on any atom is -0.492 e. The predicted octanol–water partition coefficient (Wildman–Crippen LogP) is 2.51. The monoisotopic (exact) mass is 262 g/mol. The minimum atomic E-state index is 0.0362. The number of likely N-dealkylation sites (tertiary alicyclic amines) is 1. The molecule has 1 amide bonds. The third-order valence-corrected chi connectivity index (χ3v) is 3.28. The number of rotatable bonds is 5. The van der Waals surface area contributed by atoms with Crippen LogP contribution in [0.3, 0.4) is 0 Å². The van der Waals surface area contributed by atoms with Gasteiger partial charge in [0.15, 0.2) is 0 Å². The van der Waals surface area contributed by atoms with Gasteiger partial charge in [0.1, 0.15) is 5.75 Å². The Balaban J connectivity index is 1.90. The van der Waals surface area contributed by atoms with Crippen LogP contribution in [0.1, 0.15) is 26.2 Å². The van der Waals surface area contributed by atoms with Crippen molar-refractivity contribution in [2.75, 3.05) is 31.6 Å². The van der Waals surface area contributed by atoms with Gasteiger partial charge in [0.25, 0.3) is 0 Å². The van der Waals surface area contributed by atoms with Crippen molar-refractivity contribution in [1.29, 1.82) is 0 Å². The maximum Gasteiger partial charge on any atom is 0.238 e. The molecule has 1 aliphatic rings. The first-order valence-corrected chi connectivity index (χ1v) is 7.03. The molecule has 19 heavy (non-hydrogen) atoms. The molecule has 0 bridgehead atoms. The molecule has 1 aromatic rings. The van der Waals surface area contributed by atoms with E-state index in [-0.39, 0.29) is 5.91 Å². The number of anilines is 1. The molecule has 4 nitrogen and oxygen atoms in total. The van der Waals surface area contributed by atoms with Crippen molar-refractivity contribution in [1.82, 2.24) is 4.90 Å². The highest BCUT2D eigenvalue weighted by Crippen LogP contribution is 2.23. The molecule has 1 aromatic carbocycles. The highest BCUT2D eigenvalue weighted by molar-refractivity contribution is 5.93. The highest BCUT2D eigenvalue weighted by Gasteiger charge is 2.14. The second-order valence-electron chi connectivity index (χ2n) is 4.81. The summed E-state index contributed by atoms with van der Waals surface area (Å²) in [5.41, 5.74) is 0.756. The molecule has 1 fully saturated rings. The standard InChI is InChI=1S/C15H22N2O2/c1-2-19-14-9-5-4-8-13(14)16-15(18)12-17-10-6-3-7-11-17/h4-5,8-9H,2-3,6-7,10-12H2,1H3,(H,16,18).